The quantitative estimate of drug-likeness (QED) is 0.398. The van der Waals surface area contributed by atoms with Crippen molar-refractivity contribution in [1.29, 1.82) is 0 Å². The van der Waals surface area contributed by atoms with Crippen molar-refractivity contribution in [3.8, 4) is 0 Å². The summed E-state index contributed by atoms with van der Waals surface area (Å²) in [6.07, 6.45) is 0. The van der Waals surface area contributed by atoms with Gasteiger partial charge in [0.1, 0.15) is 0 Å². The molecule has 3 nitrogen and oxygen atoms in total. The van der Waals surface area contributed by atoms with Gasteiger partial charge < -0.3 is 15.8 Å². The van der Waals surface area contributed by atoms with Crippen LogP contribution < -0.4 is 11.2 Å². The molecule has 0 radical (unpaired) electrons. The number of rotatable bonds is 1. The van der Waals surface area contributed by atoms with Crippen LogP contribution in [0, 0.1) is 0 Å². The predicted molar refractivity (Wildman–Crippen MR) is 45.7 cm³/mol. The fourth-order valence-corrected chi connectivity index (χ4v) is 0.950. The molecule has 0 fully saturated rings. The van der Waals surface area contributed by atoms with E-state index in [2.05, 4.69) is 0 Å². The Morgan fingerprint density at radius 2 is 2.00 bits per heavy atom. The Morgan fingerprint density at radius 3 is 2.45 bits per heavy atom. The Bertz CT molecular complexity index is 267. The molecule has 58 valence electrons. The number of hydrogen-bond acceptors (Lipinski definition) is 3. The second-order valence-electron chi connectivity index (χ2n) is 2.15. The molecule has 0 aliphatic rings. The van der Waals surface area contributed by atoms with Gasteiger partial charge in [0.25, 0.3) is 0 Å². The first-order chi connectivity index (χ1) is 5.11. The summed E-state index contributed by atoms with van der Waals surface area (Å²) in [7, 11) is -1.56. The summed E-state index contributed by atoms with van der Waals surface area (Å²) in [6, 6.07) is 4.53. The minimum absolute atomic E-state index is 0.234. The van der Waals surface area contributed by atoms with Crippen LogP contribution in [0.25, 0.3) is 0 Å². The predicted octanol–water partition coefficient (Wildman–Crippen LogP) is -0.398. The van der Waals surface area contributed by atoms with Crippen LogP contribution >= 0.6 is 11.6 Å². The highest BCUT2D eigenvalue weighted by atomic mass is 35.5. The van der Waals surface area contributed by atoms with E-state index in [9.17, 15) is 0 Å². The van der Waals surface area contributed by atoms with Crippen molar-refractivity contribution in [2.24, 2.45) is 0 Å². The average Bonchev–Trinajstić information content (AvgIpc) is 1.94. The first-order valence-corrected chi connectivity index (χ1v) is 3.40. The Kier molecular flexibility index (Phi) is 2.39. The molecular weight excluding hydrogens is 164 g/mol. The highest BCUT2D eigenvalue weighted by Gasteiger charge is 2.14. The van der Waals surface area contributed by atoms with Crippen LogP contribution in [0.5, 0.6) is 0 Å². The lowest BCUT2D eigenvalue weighted by molar-refractivity contribution is 0.426. The van der Waals surface area contributed by atoms with E-state index in [0.29, 0.717) is 10.7 Å². The highest BCUT2D eigenvalue weighted by Crippen LogP contribution is 2.08. The van der Waals surface area contributed by atoms with Gasteiger partial charge in [0.15, 0.2) is 0 Å². The first kappa shape index (κ1) is 8.39. The first-order valence-electron chi connectivity index (χ1n) is 3.02. The number of nitrogen functional groups attached to an aromatic ring is 1. The molecule has 0 aliphatic carbocycles. The van der Waals surface area contributed by atoms with Gasteiger partial charge in [-0.05, 0) is 18.2 Å². The van der Waals surface area contributed by atoms with Crippen molar-refractivity contribution in [2.75, 3.05) is 5.73 Å². The Balaban J connectivity index is 3.13. The van der Waals surface area contributed by atoms with Crippen LogP contribution in [0.1, 0.15) is 0 Å². The van der Waals surface area contributed by atoms with Crippen LogP contribution in [-0.2, 0) is 0 Å². The van der Waals surface area contributed by atoms with E-state index < -0.39 is 7.12 Å². The molecule has 5 heteroatoms. The molecule has 0 saturated carbocycles. The van der Waals surface area contributed by atoms with Gasteiger partial charge in [-0.2, -0.15) is 0 Å². The zero-order chi connectivity index (χ0) is 8.43. The van der Waals surface area contributed by atoms with Gasteiger partial charge in [0.2, 0.25) is 0 Å². The molecule has 11 heavy (non-hydrogen) atoms. The fraction of sp³-hybridized carbons (Fsp3) is 0. The van der Waals surface area contributed by atoms with Gasteiger partial charge in [-0.15, -0.1) is 0 Å². The summed E-state index contributed by atoms with van der Waals surface area (Å²) in [6.45, 7) is 0. The third kappa shape index (κ3) is 1.86. The van der Waals surface area contributed by atoms with Gasteiger partial charge in [-0.25, -0.2) is 0 Å². The van der Waals surface area contributed by atoms with E-state index in [1.54, 1.807) is 6.07 Å². The summed E-state index contributed by atoms with van der Waals surface area (Å²) in [5.74, 6) is 0. The molecule has 0 spiro atoms. The van der Waals surface area contributed by atoms with Crippen LogP contribution in [0.15, 0.2) is 18.2 Å². The molecule has 0 heterocycles. The van der Waals surface area contributed by atoms with Gasteiger partial charge >= 0.3 is 7.12 Å². The Hall–Kier alpha value is -0.705. The largest absolute Gasteiger partial charge is 0.490 e. The van der Waals surface area contributed by atoms with E-state index in [-0.39, 0.29) is 5.46 Å². The van der Waals surface area contributed by atoms with E-state index in [0.717, 1.165) is 0 Å². The Morgan fingerprint density at radius 1 is 1.36 bits per heavy atom. The molecule has 0 bridgehead atoms. The van der Waals surface area contributed by atoms with E-state index in [4.69, 9.17) is 27.4 Å². The maximum Gasteiger partial charge on any atom is 0.490 e. The Labute approximate surface area is 69.6 Å². The monoisotopic (exact) mass is 171 g/mol. The second-order valence-corrected chi connectivity index (χ2v) is 2.58. The number of anilines is 1. The molecule has 0 atom stereocenters. The van der Waals surface area contributed by atoms with Crippen molar-refractivity contribution in [1.82, 2.24) is 0 Å². The van der Waals surface area contributed by atoms with Crippen molar-refractivity contribution in [3.63, 3.8) is 0 Å². The lowest BCUT2D eigenvalue weighted by atomic mass is 9.79. The van der Waals surface area contributed by atoms with Crippen LogP contribution in [0.4, 0.5) is 5.69 Å². The molecule has 1 aromatic rings. The number of nitrogens with two attached hydrogens (primary N) is 1. The molecule has 4 N–H and O–H groups in total. The molecule has 0 aromatic heterocycles. The van der Waals surface area contributed by atoms with Crippen LogP contribution in [0.2, 0.25) is 5.02 Å². The lowest BCUT2D eigenvalue weighted by Gasteiger charge is -2.03. The fourth-order valence-electron chi connectivity index (χ4n) is 0.769. The van der Waals surface area contributed by atoms with Crippen molar-refractivity contribution in [2.45, 2.75) is 0 Å². The minimum Gasteiger partial charge on any atom is -0.423 e. The van der Waals surface area contributed by atoms with Crippen molar-refractivity contribution >= 4 is 29.9 Å². The summed E-state index contributed by atoms with van der Waals surface area (Å²) in [5, 5.41) is 17.9. The summed E-state index contributed by atoms with van der Waals surface area (Å²) < 4.78 is 0. The summed E-state index contributed by atoms with van der Waals surface area (Å²) in [4.78, 5) is 0. The van der Waals surface area contributed by atoms with E-state index in [1.165, 1.54) is 12.1 Å². The zero-order valence-electron chi connectivity index (χ0n) is 5.66. The summed E-state index contributed by atoms with van der Waals surface area (Å²) >= 11 is 5.58. The van der Waals surface area contributed by atoms with E-state index >= 15 is 0 Å². The molecule has 0 unspecified atom stereocenters. The number of halogens is 1. The standard InChI is InChI=1S/C6H7BClNO2/c8-4-1-2-6(9)5(3-4)7(10)11/h1-3,10-11H,9H2. The van der Waals surface area contributed by atoms with Crippen LogP contribution in [0.3, 0.4) is 0 Å². The third-order valence-electron chi connectivity index (χ3n) is 1.33. The van der Waals surface area contributed by atoms with E-state index in [1.807, 2.05) is 0 Å². The lowest BCUT2D eigenvalue weighted by Crippen LogP contribution is -2.32. The molecular formula is C6H7BClNO2. The smallest absolute Gasteiger partial charge is 0.423 e. The van der Waals surface area contributed by atoms with Crippen molar-refractivity contribution < 1.29 is 10.0 Å². The van der Waals surface area contributed by atoms with Gasteiger partial charge in [-0.3, -0.25) is 0 Å². The topological polar surface area (TPSA) is 66.5 Å². The van der Waals surface area contributed by atoms with Gasteiger partial charge in [0, 0.05) is 16.2 Å². The van der Waals surface area contributed by atoms with Crippen LogP contribution in [-0.4, -0.2) is 17.2 Å². The highest BCUT2D eigenvalue weighted by molar-refractivity contribution is 6.60. The molecule has 0 aliphatic heterocycles. The van der Waals surface area contributed by atoms with Gasteiger partial charge in [-0.1, -0.05) is 11.6 Å². The number of hydrogen-bond donors (Lipinski definition) is 3. The number of benzene rings is 1. The maximum atomic E-state index is 8.75. The third-order valence-corrected chi connectivity index (χ3v) is 1.56. The van der Waals surface area contributed by atoms with Crippen molar-refractivity contribution in [3.05, 3.63) is 23.2 Å². The molecule has 0 amide bonds. The SMILES string of the molecule is Nc1ccc(Cl)cc1B(O)O. The summed E-state index contributed by atoms with van der Waals surface area (Å²) in [5.41, 5.74) is 5.97. The minimum atomic E-state index is -1.56. The normalized spacial score (nSPS) is 9.73. The molecule has 1 aromatic carbocycles. The maximum absolute atomic E-state index is 8.75. The zero-order valence-corrected chi connectivity index (χ0v) is 6.42. The van der Waals surface area contributed by atoms with Gasteiger partial charge in [0.05, 0.1) is 0 Å². The molecule has 0 saturated heterocycles. The average molecular weight is 171 g/mol. The second kappa shape index (κ2) is 3.13. The molecule has 1 rings (SSSR count).